The summed E-state index contributed by atoms with van der Waals surface area (Å²) in [5.41, 5.74) is 0.709. The van der Waals surface area contributed by atoms with E-state index in [1.807, 2.05) is 13.8 Å². The molecule has 12 heteroatoms. The third-order valence-corrected chi connectivity index (χ3v) is 13.7. The lowest BCUT2D eigenvalue weighted by Crippen LogP contribution is -2.59. The van der Waals surface area contributed by atoms with Gasteiger partial charge in [-0.3, -0.25) is 9.59 Å². The smallest absolute Gasteiger partial charge is 0.306 e. The molecule has 3 aliphatic heterocycles. The third-order valence-electron chi connectivity index (χ3n) is 13.3. The predicted octanol–water partition coefficient (Wildman–Crippen LogP) is 6.05. The molecule has 11 nitrogen and oxygen atoms in total. The van der Waals surface area contributed by atoms with E-state index in [1.54, 1.807) is 21.3 Å². The first kappa shape index (κ1) is 41.2. The summed E-state index contributed by atoms with van der Waals surface area (Å²) in [5.74, 6) is -0.777. The molecule has 3 aliphatic carbocycles. The number of hydrogen-bond acceptors (Lipinski definition) is 11. The fourth-order valence-electron chi connectivity index (χ4n) is 10.4. The van der Waals surface area contributed by atoms with E-state index in [0.717, 1.165) is 50.0 Å². The SMILES string of the molecule is CC[C@H]1CCC[C@H](O[C@H]2CC[C@H](N(C)C)C(C)O2)[C@@H](C)C(=O)C2=C[C@@H]3C(C=C(Cl)C4C[C@@H](OC5OC(C)C(OC)C(OC)C5OC)C[C@H]43)[C@@H]2CC(=O)O1. The number of allylic oxidation sites excluding steroid dienone is 4. The molecule has 3 saturated heterocycles. The summed E-state index contributed by atoms with van der Waals surface area (Å²) in [7, 11) is 9.09. The Bertz CT molecular complexity index is 1340. The molecule has 6 rings (SSSR count). The van der Waals surface area contributed by atoms with E-state index in [9.17, 15) is 9.59 Å². The van der Waals surface area contributed by atoms with Gasteiger partial charge < -0.3 is 42.8 Å². The molecule has 53 heavy (non-hydrogen) atoms. The van der Waals surface area contributed by atoms with Gasteiger partial charge in [-0.05, 0) is 103 Å². The lowest BCUT2D eigenvalue weighted by molar-refractivity contribution is -0.314. The number of nitrogens with zero attached hydrogens (tertiary/aromatic N) is 1. The Labute approximate surface area is 321 Å². The zero-order valence-electron chi connectivity index (χ0n) is 33.2. The Balaban J connectivity index is 1.23. The van der Waals surface area contributed by atoms with Crippen LogP contribution in [-0.4, -0.2) is 120 Å². The van der Waals surface area contributed by atoms with Crippen molar-refractivity contribution in [2.75, 3.05) is 35.4 Å². The Morgan fingerprint density at radius 2 is 1.57 bits per heavy atom. The monoisotopic (exact) mass is 765 g/mol. The quantitative estimate of drug-likeness (QED) is 0.256. The number of esters is 1. The van der Waals surface area contributed by atoms with Crippen LogP contribution in [0.4, 0.5) is 0 Å². The number of Topliss-reactive ketones (excluding diaryl/α,β-unsaturated/α-hetero) is 1. The van der Waals surface area contributed by atoms with Crippen LogP contribution >= 0.6 is 11.6 Å². The van der Waals surface area contributed by atoms with Gasteiger partial charge in [-0.1, -0.05) is 37.6 Å². The Morgan fingerprint density at radius 3 is 2.23 bits per heavy atom. The van der Waals surface area contributed by atoms with Gasteiger partial charge >= 0.3 is 5.97 Å². The number of rotatable bonds is 9. The van der Waals surface area contributed by atoms with E-state index < -0.39 is 18.3 Å². The highest BCUT2D eigenvalue weighted by molar-refractivity contribution is 6.30. The van der Waals surface area contributed by atoms with Gasteiger partial charge in [0.25, 0.3) is 0 Å². The standard InChI is InChI=1S/C41H64ClNO10/c1-10-24-12-11-13-34(53-36-15-14-33(43(5)6)22(3)49-36)21(2)37(45)31-18-27-26-16-25(17-30(26)32(42)19-28(27)29(31)20-35(44)51-24)52-41-40(48-9)39(47-8)38(46-7)23(4)50-41/h18-19,21-30,33-34,36,38-41H,10-17,20H2,1-9H3/t21-,22?,23?,24+,25+,26+,27+,28?,29+,30?,33+,34+,36+,38?,39?,40?,41?/m1/s1. The molecule has 17 atom stereocenters. The summed E-state index contributed by atoms with van der Waals surface area (Å²) in [6.45, 7) is 8.10. The molecular formula is C41H64ClNO10. The zero-order valence-corrected chi connectivity index (χ0v) is 34.0. The van der Waals surface area contributed by atoms with Crippen LogP contribution in [0.15, 0.2) is 22.8 Å². The molecule has 8 unspecified atom stereocenters. The highest BCUT2D eigenvalue weighted by Crippen LogP contribution is 2.57. The van der Waals surface area contributed by atoms with Gasteiger partial charge in [0.15, 0.2) is 18.4 Å². The maximum Gasteiger partial charge on any atom is 0.306 e. The minimum absolute atomic E-state index is 0.0239. The number of halogens is 1. The fraction of sp³-hybridized carbons (Fsp3) is 0.854. The van der Waals surface area contributed by atoms with Crippen LogP contribution < -0.4 is 0 Å². The van der Waals surface area contributed by atoms with Crippen molar-refractivity contribution in [3.63, 3.8) is 0 Å². The van der Waals surface area contributed by atoms with Crippen molar-refractivity contribution in [1.29, 1.82) is 0 Å². The number of likely N-dealkylation sites (N-methyl/N-ethyl adjacent to an activating group) is 1. The average Bonchev–Trinajstić information content (AvgIpc) is 3.71. The van der Waals surface area contributed by atoms with E-state index in [0.29, 0.717) is 18.0 Å². The Kier molecular flexibility index (Phi) is 13.9. The summed E-state index contributed by atoms with van der Waals surface area (Å²) in [5, 5.41) is 0.777. The van der Waals surface area contributed by atoms with E-state index >= 15 is 0 Å². The van der Waals surface area contributed by atoms with Crippen molar-refractivity contribution in [1.82, 2.24) is 4.90 Å². The van der Waals surface area contributed by atoms with Gasteiger partial charge in [0.05, 0.1) is 30.8 Å². The number of carbonyl (C=O) groups excluding carboxylic acids is 2. The van der Waals surface area contributed by atoms with Gasteiger partial charge in [0, 0.05) is 50.2 Å². The number of methoxy groups -OCH3 is 3. The first-order valence-electron chi connectivity index (χ1n) is 20.1. The number of ether oxygens (including phenoxy) is 8. The maximum absolute atomic E-state index is 14.7. The first-order valence-corrected chi connectivity index (χ1v) is 20.5. The predicted molar refractivity (Wildman–Crippen MR) is 199 cm³/mol. The molecule has 0 aromatic carbocycles. The Morgan fingerprint density at radius 1 is 0.830 bits per heavy atom. The first-order chi connectivity index (χ1) is 25.4. The largest absolute Gasteiger partial charge is 0.462 e. The maximum atomic E-state index is 14.7. The zero-order chi connectivity index (χ0) is 38.1. The van der Waals surface area contributed by atoms with Crippen LogP contribution in [0.1, 0.15) is 85.5 Å². The molecule has 300 valence electrons. The van der Waals surface area contributed by atoms with Crippen molar-refractivity contribution in [3.8, 4) is 0 Å². The summed E-state index contributed by atoms with van der Waals surface area (Å²) < 4.78 is 49.5. The molecule has 0 aromatic rings. The number of ketones is 1. The molecule has 1 saturated carbocycles. The van der Waals surface area contributed by atoms with Crippen molar-refractivity contribution in [2.24, 2.45) is 35.5 Å². The average molecular weight is 766 g/mol. The van der Waals surface area contributed by atoms with Crippen LogP contribution in [0.5, 0.6) is 0 Å². The summed E-state index contributed by atoms with van der Waals surface area (Å²) >= 11 is 7.14. The van der Waals surface area contributed by atoms with Gasteiger partial charge in [-0.2, -0.15) is 0 Å². The topological polar surface area (TPSA) is 111 Å². The molecule has 0 amide bonds. The summed E-state index contributed by atoms with van der Waals surface area (Å²) in [4.78, 5) is 30.5. The second-order valence-electron chi connectivity index (χ2n) is 16.6. The Hall–Kier alpha value is -1.41. The molecule has 0 N–H and O–H groups in total. The van der Waals surface area contributed by atoms with Crippen molar-refractivity contribution in [2.45, 2.75) is 153 Å². The number of fused-ring (bicyclic) bond motifs is 5. The number of hydrogen-bond donors (Lipinski definition) is 0. The molecule has 0 bridgehead atoms. The van der Waals surface area contributed by atoms with Gasteiger partial charge in [-0.15, -0.1) is 0 Å². The molecule has 0 spiro atoms. The normalized spacial score (nSPS) is 45.3. The van der Waals surface area contributed by atoms with E-state index in [2.05, 4.69) is 45.0 Å². The van der Waals surface area contributed by atoms with Crippen LogP contribution in [0.25, 0.3) is 0 Å². The second-order valence-corrected chi connectivity index (χ2v) is 17.0. The fourth-order valence-corrected chi connectivity index (χ4v) is 10.8. The molecule has 6 aliphatic rings. The highest BCUT2D eigenvalue weighted by Gasteiger charge is 2.54. The number of carbonyl (C=O) groups is 2. The van der Waals surface area contributed by atoms with Crippen LogP contribution in [0.2, 0.25) is 0 Å². The second kappa shape index (κ2) is 17.8. The summed E-state index contributed by atoms with van der Waals surface area (Å²) in [6, 6.07) is 0.327. The molecule has 0 aromatic heterocycles. The van der Waals surface area contributed by atoms with Crippen LogP contribution in [-0.2, 0) is 47.5 Å². The highest BCUT2D eigenvalue weighted by atomic mass is 35.5. The minimum atomic E-state index is -0.641. The van der Waals surface area contributed by atoms with Crippen molar-refractivity contribution < 1.29 is 47.5 Å². The lowest BCUT2D eigenvalue weighted by atomic mass is 9.70. The summed E-state index contributed by atoms with van der Waals surface area (Å²) in [6.07, 6.45) is 7.58. The van der Waals surface area contributed by atoms with Gasteiger partial charge in [-0.25, -0.2) is 0 Å². The van der Waals surface area contributed by atoms with E-state index in [1.165, 1.54) is 0 Å². The van der Waals surface area contributed by atoms with Crippen LogP contribution in [0, 0.1) is 35.5 Å². The number of cyclic esters (lactones) is 1. The molecule has 3 heterocycles. The van der Waals surface area contributed by atoms with Crippen LogP contribution in [0.3, 0.4) is 0 Å². The van der Waals surface area contributed by atoms with E-state index in [4.69, 9.17) is 49.5 Å². The third kappa shape index (κ3) is 8.64. The van der Waals surface area contributed by atoms with Gasteiger partial charge in [0.1, 0.15) is 24.4 Å². The molecule has 4 fully saturated rings. The van der Waals surface area contributed by atoms with Gasteiger partial charge in [0.2, 0.25) is 0 Å². The molecular weight excluding hydrogens is 702 g/mol. The van der Waals surface area contributed by atoms with Crippen molar-refractivity contribution >= 4 is 23.4 Å². The van der Waals surface area contributed by atoms with E-state index in [-0.39, 0.29) is 96.8 Å². The van der Waals surface area contributed by atoms with Crippen molar-refractivity contribution in [3.05, 3.63) is 22.8 Å². The minimum Gasteiger partial charge on any atom is -0.462 e. The molecule has 0 radical (unpaired) electrons. The lowest BCUT2D eigenvalue weighted by Gasteiger charge is -2.44.